The van der Waals surface area contributed by atoms with Gasteiger partial charge in [0.15, 0.2) is 0 Å². The number of aliphatic carboxylic acids is 1. The van der Waals surface area contributed by atoms with Crippen LogP contribution >= 0.6 is 0 Å². The van der Waals surface area contributed by atoms with Gasteiger partial charge < -0.3 is 5.11 Å². The fourth-order valence-corrected chi connectivity index (χ4v) is 4.34. The van der Waals surface area contributed by atoms with Crippen LogP contribution in [-0.2, 0) is 4.79 Å². The Balaban J connectivity index is 2.09. The maximum atomic E-state index is 11.4. The summed E-state index contributed by atoms with van der Waals surface area (Å²) in [5.74, 6) is -0.157. The molecule has 0 heterocycles. The van der Waals surface area contributed by atoms with Crippen LogP contribution in [0.15, 0.2) is 0 Å². The van der Waals surface area contributed by atoms with Gasteiger partial charge in [-0.05, 0) is 30.6 Å². The molecule has 1 aliphatic rings. The predicted molar refractivity (Wildman–Crippen MR) is 89.5 cm³/mol. The number of carboxylic acid groups (broad SMARTS) is 1. The van der Waals surface area contributed by atoms with E-state index in [2.05, 4.69) is 20.8 Å². The lowest BCUT2D eigenvalue weighted by molar-refractivity contribution is -0.139. The Morgan fingerprint density at radius 1 is 0.857 bits per heavy atom. The summed E-state index contributed by atoms with van der Waals surface area (Å²) in [6.07, 6.45) is 15.3. The van der Waals surface area contributed by atoms with Crippen LogP contribution in [0.1, 0.15) is 97.8 Å². The summed E-state index contributed by atoms with van der Waals surface area (Å²) in [5, 5.41) is 9.37. The summed E-state index contributed by atoms with van der Waals surface area (Å²) in [6, 6.07) is 0. The molecule has 0 spiro atoms. The van der Waals surface area contributed by atoms with Crippen LogP contribution in [0.2, 0.25) is 0 Å². The van der Waals surface area contributed by atoms with Crippen molar-refractivity contribution in [1.82, 2.24) is 0 Å². The molecule has 0 aliphatic heterocycles. The molecule has 2 nitrogen and oxygen atoms in total. The summed E-state index contributed by atoms with van der Waals surface area (Å²) in [7, 11) is 0. The molecule has 0 aromatic heterocycles. The minimum atomic E-state index is -0.556. The molecule has 124 valence electrons. The van der Waals surface area contributed by atoms with Gasteiger partial charge in [0, 0.05) is 0 Å². The molecule has 21 heavy (non-hydrogen) atoms. The van der Waals surface area contributed by atoms with Gasteiger partial charge in [0.05, 0.1) is 5.92 Å². The Kier molecular flexibility index (Phi) is 8.36. The highest BCUT2D eigenvalue weighted by atomic mass is 16.4. The Hall–Kier alpha value is -0.530. The third kappa shape index (κ3) is 5.00. The van der Waals surface area contributed by atoms with E-state index in [-0.39, 0.29) is 11.3 Å². The maximum absolute atomic E-state index is 11.4. The summed E-state index contributed by atoms with van der Waals surface area (Å²) >= 11 is 0. The molecule has 0 aromatic rings. The minimum absolute atomic E-state index is 0.0541. The van der Waals surface area contributed by atoms with Crippen LogP contribution in [0.3, 0.4) is 0 Å². The van der Waals surface area contributed by atoms with Crippen molar-refractivity contribution in [2.45, 2.75) is 97.8 Å². The van der Waals surface area contributed by atoms with Crippen LogP contribution in [0.4, 0.5) is 0 Å². The zero-order chi connectivity index (χ0) is 15.7. The van der Waals surface area contributed by atoms with E-state index in [9.17, 15) is 9.90 Å². The molecule has 0 aromatic carbocycles. The third-order valence-corrected chi connectivity index (χ3v) is 5.85. The summed E-state index contributed by atoms with van der Waals surface area (Å²) in [5.41, 5.74) is 0.131. The molecule has 1 saturated carbocycles. The Bertz CT molecular complexity index is 294. The third-order valence-electron chi connectivity index (χ3n) is 5.85. The first-order valence-electron chi connectivity index (χ1n) is 9.36. The molecule has 1 N–H and O–H groups in total. The van der Waals surface area contributed by atoms with Gasteiger partial charge in [0.2, 0.25) is 0 Å². The van der Waals surface area contributed by atoms with Crippen molar-refractivity contribution in [1.29, 1.82) is 0 Å². The molecule has 1 aliphatic carbocycles. The number of rotatable bonds is 13. The van der Waals surface area contributed by atoms with Gasteiger partial charge in [-0.2, -0.15) is 0 Å². The van der Waals surface area contributed by atoms with E-state index in [1.165, 1.54) is 57.8 Å². The van der Waals surface area contributed by atoms with Gasteiger partial charge in [0.1, 0.15) is 0 Å². The summed E-state index contributed by atoms with van der Waals surface area (Å²) in [4.78, 5) is 11.4. The second-order valence-corrected chi connectivity index (χ2v) is 6.98. The maximum Gasteiger partial charge on any atom is 0.307 e. The largest absolute Gasteiger partial charge is 0.481 e. The average molecular weight is 296 g/mol. The van der Waals surface area contributed by atoms with Crippen molar-refractivity contribution in [3.05, 3.63) is 0 Å². The zero-order valence-corrected chi connectivity index (χ0v) is 14.5. The lowest BCUT2D eigenvalue weighted by Gasteiger charge is -2.11. The van der Waals surface area contributed by atoms with E-state index in [0.717, 1.165) is 19.3 Å². The topological polar surface area (TPSA) is 37.3 Å². The van der Waals surface area contributed by atoms with Crippen molar-refractivity contribution >= 4 is 5.97 Å². The first kappa shape index (κ1) is 18.5. The second kappa shape index (κ2) is 9.48. The molecular formula is C19H36O2. The highest BCUT2D eigenvalue weighted by molar-refractivity contribution is 5.75. The number of carbonyl (C=O) groups is 1. The van der Waals surface area contributed by atoms with E-state index in [1.54, 1.807) is 0 Å². The van der Waals surface area contributed by atoms with Gasteiger partial charge in [-0.25, -0.2) is 0 Å². The molecular weight excluding hydrogens is 260 g/mol. The first-order valence-corrected chi connectivity index (χ1v) is 9.36. The second-order valence-electron chi connectivity index (χ2n) is 6.98. The van der Waals surface area contributed by atoms with Crippen LogP contribution in [0, 0.1) is 17.3 Å². The fourth-order valence-electron chi connectivity index (χ4n) is 4.34. The smallest absolute Gasteiger partial charge is 0.307 e. The highest BCUT2D eigenvalue weighted by Crippen LogP contribution is 2.65. The monoisotopic (exact) mass is 296 g/mol. The molecule has 0 radical (unpaired) electrons. The summed E-state index contributed by atoms with van der Waals surface area (Å²) < 4.78 is 0. The first-order chi connectivity index (χ1) is 10.1. The molecule has 0 amide bonds. The van der Waals surface area contributed by atoms with Gasteiger partial charge >= 0.3 is 5.97 Å². The van der Waals surface area contributed by atoms with Gasteiger partial charge in [-0.3, -0.25) is 4.79 Å². The number of hydrogen-bond acceptors (Lipinski definition) is 1. The molecule has 2 atom stereocenters. The van der Waals surface area contributed by atoms with Crippen molar-refractivity contribution in [3.8, 4) is 0 Å². The van der Waals surface area contributed by atoms with E-state index >= 15 is 0 Å². The molecule has 0 saturated heterocycles. The number of unbranched alkanes of at least 4 members (excludes halogenated alkanes) is 8. The van der Waals surface area contributed by atoms with E-state index in [4.69, 9.17) is 0 Å². The Labute approximate surface area is 131 Å². The van der Waals surface area contributed by atoms with Crippen LogP contribution in [0.25, 0.3) is 0 Å². The fraction of sp³-hybridized carbons (Fsp3) is 0.947. The standard InChI is InChI=1S/C19H36O2/c1-4-7-8-9-10-11-12-13-14-15-16-17(18(20)21)19(16,5-2)6-3/h16-17H,4-15H2,1-3H3,(H,20,21). The van der Waals surface area contributed by atoms with Crippen molar-refractivity contribution < 1.29 is 9.90 Å². The van der Waals surface area contributed by atoms with Gasteiger partial charge in [-0.15, -0.1) is 0 Å². The van der Waals surface area contributed by atoms with Crippen LogP contribution < -0.4 is 0 Å². The zero-order valence-electron chi connectivity index (χ0n) is 14.5. The summed E-state index contributed by atoms with van der Waals surface area (Å²) in [6.45, 7) is 6.58. The lowest BCUT2D eigenvalue weighted by atomic mass is 9.93. The van der Waals surface area contributed by atoms with Gasteiger partial charge in [0.25, 0.3) is 0 Å². The quantitative estimate of drug-likeness (QED) is 0.420. The Morgan fingerprint density at radius 3 is 1.71 bits per heavy atom. The number of carboxylic acids is 1. The molecule has 2 heteroatoms. The van der Waals surface area contributed by atoms with Crippen molar-refractivity contribution in [2.75, 3.05) is 0 Å². The van der Waals surface area contributed by atoms with Crippen molar-refractivity contribution in [2.24, 2.45) is 17.3 Å². The van der Waals surface area contributed by atoms with Crippen molar-refractivity contribution in [3.63, 3.8) is 0 Å². The average Bonchev–Trinajstić information content (AvgIpc) is 3.14. The van der Waals surface area contributed by atoms with E-state index in [0.29, 0.717) is 5.92 Å². The Morgan fingerprint density at radius 2 is 1.33 bits per heavy atom. The molecule has 0 bridgehead atoms. The lowest BCUT2D eigenvalue weighted by Crippen LogP contribution is -2.08. The minimum Gasteiger partial charge on any atom is -0.481 e. The molecule has 1 rings (SSSR count). The van der Waals surface area contributed by atoms with Crippen LogP contribution in [-0.4, -0.2) is 11.1 Å². The SMILES string of the molecule is CCCCCCCCCCCC1C(C(=O)O)C1(CC)CC. The normalized spacial score (nSPS) is 23.2. The molecule has 1 fully saturated rings. The van der Waals surface area contributed by atoms with Crippen LogP contribution in [0.5, 0.6) is 0 Å². The van der Waals surface area contributed by atoms with Gasteiger partial charge in [-0.1, -0.05) is 78.6 Å². The highest BCUT2D eigenvalue weighted by Gasteiger charge is 2.64. The number of hydrogen-bond donors (Lipinski definition) is 1. The predicted octanol–water partition coefficient (Wildman–Crippen LogP) is 6.04. The van der Waals surface area contributed by atoms with E-state index < -0.39 is 5.97 Å². The molecule has 2 unspecified atom stereocenters. The van der Waals surface area contributed by atoms with E-state index in [1.807, 2.05) is 0 Å².